The molecule has 3 heterocycles. The van der Waals surface area contributed by atoms with E-state index in [9.17, 15) is 9.59 Å². The Morgan fingerprint density at radius 1 is 1.00 bits per heavy atom. The third-order valence-electron chi connectivity index (χ3n) is 4.47. The van der Waals surface area contributed by atoms with Gasteiger partial charge in [0.2, 0.25) is 11.1 Å². The quantitative estimate of drug-likeness (QED) is 0.612. The second-order valence-electron chi connectivity index (χ2n) is 6.25. The highest BCUT2D eigenvalue weighted by atomic mass is 32.2. The summed E-state index contributed by atoms with van der Waals surface area (Å²) in [5.74, 6) is 0.481. The van der Waals surface area contributed by atoms with Gasteiger partial charge in [-0.05, 0) is 24.3 Å². The molecule has 4 rings (SSSR count). The zero-order valence-corrected chi connectivity index (χ0v) is 15.9. The first kappa shape index (κ1) is 18.3. The van der Waals surface area contributed by atoms with Crippen LogP contribution in [-0.4, -0.2) is 68.3 Å². The summed E-state index contributed by atoms with van der Waals surface area (Å²) in [5.41, 5.74) is 0.922. The summed E-state index contributed by atoms with van der Waals surface area (Å²) in [6.45, 7) is 2.02. The number of piperazine rings is 1. The molecule has 8 nitrogen and oxygen atoms in total. The molecular formula is C19H19N5O3S. The molecule has 1 aliphatic rings. The Bertz CT molecular complexity index is 934. The van der Waals surface area contributed by atoms with Crippen LogP contribution >= 0.6 is 11.8 Å². The van der Waals surface area contributed by atoms with Gasteiger partial charge in [0.1, 0.15) is 6.33 Å². The number of carbonyl (C=O) groups excluding carboxylic acids is 2. The van der Waals surface area contributed by atoms with E-state index in [0.29, 0.717) is 37.1 Å². The number of amides is 2. The van der Waals surface area contributed by atoms with Crippen molar-refractivity contribution in [1.29, 1.82) is 0 Å². The molecule has 0 spiro atoms. The number of hydrogen-bond acceptors (Lipinski definition) is 6. The molecule has 9 heteroatoms. The second kappa shape index (κ2) is 8.30. The van der Waals surface area contributed by atoms with Crippen molar-refractivity contribution in [2.45, 2.75) is 5.16 Å². The molecule has 1 saturated heterocycles. The number of carbonyl (C=O) groups is 2. The zero-order chi connectivity index (χ0) is 19.3. The van der Waals surface area contributed by atoms with E-state index >= 15 is 0 Å². The third kappa shape index (κ3) is 4.09. The van der Waals surface area contributed by atoms with Crippen molar-refractivity contribution in [1.82, 2.24) is 24.6 Å². The number of para-hydroxylation sites is 1. The van der Waals surface area contributed by atoms with Crippen LogP contribution in [0.3, 0.4) is 0 Å². The third-order valence-corrected chi connectivity index (χ3v) is 5.30. The summed E-state index contributed by atoms with van der Waals surface area (Å²) in [5, 5.41) is 4.95. The van der Waals surface area contributed by atoms with Crippen molar-refractivity contribution in [2.75, 3.05) is 31.9 Å². The number of thioether (sulfide) groups is 1. The van der Waals surface area contributed by atoms with Gasteiger partial charge in [0.15, 0.2) is 5.76 Å². The molecule has 144 valence electrons. The largest absolute Gasteiger partial charge is 0.459 e. The summed E-state index contributed by atoms with van der Waals surface area (Å²) in [4.78, 5) is 32.5. The average Bonchev–Trinajstić information content (AvgIpc) is 3.44. The van der Waals surface area contributed by atoms with Gasteiger partial charge in [-0.25, -0.2) is 9.67 Å². The van der Waals surface area contributed by atoms with E-state index in [2.05, 4.69) is 10.1 Å². The topological polar surface area (TPSA) is 84.5 Å². The molecular weight excluding hydrogens is 378 g/mol. The van der Waals surface area contributed by atoms with Crippen LogP contribution in [0.5, 0.6) is 0 Å². The Hall–Kier alpha value is -3.07. The van der Waals surface area contributed by atoms with Crippen molar-refractivity contribution < 1.29 is 14.0 Å². The Balaban J connectivity index is 1.26. The number of benzene rings is 1. The number of nitrogens with zero attached hydrogens (tertiary/aromatic N) is 5. The first-order valence-corrected chi connectivity index (χ1v) is 9.90. The highest BCUT2D eigenvalue weighted by Gasteiger charge is 2.26. The number of hydrogen-bond donors (Lipinski definition) is 0. The molecule has 1 fully saturated rings. The van der Waals surface area contributed by atoms with E-state index in [-0.39, 0.29) is 17.6 Å². The van der Waals surface area contributed by atoms with Gasteiger partial charge >= 0.3 is 0 Å². The van der Waals surface area contributed by atoms with Crippen molar-refractivity contribution in [2.24, 2.45) is 0 Å². The Labute approximate surface area is 166 Å². The molecule has 2 amide bonds. The van der Waals surface area contributed by atoms with Gasteiger partial charge in [-0.15, -0.1) is 5.10 Å². The van der Waals surface area contributed by atoms with Crippen molar-refractivity contribution in [3.63, 3.8) is 0 Å². The lowest BCUT2D eigenvalue weighted by Crippen LogP contribution is -2.51. The lowest BCUT2D eigenvalue weighted by Gasteiger charge is -2.34. The maximum atomic E-state index is 12.5. The normalized spacial score (nSPS) is 14.3. The van der Waals surface area contributed by atoms with Crippen LogP contribution in [0.15, 0.2) is 64.6 Å². The molecule has 28 heavy (non-hydrogen) atoms. The standard InChI is InChI=1S/C19H19N5O3S/c25-17(13-28-19-20-14-24(21-19)15-5-2-1-3-6-15)22-8-10-23(11-9-22)18(26)16-7-4-12-27-16/h1-7,12,14H,8-11,13H2. The van der Waals surface area contributed by atoms with Crippen molar-refractivity contribution >= 4 is 23.6 Å². The first-order valence-electron chi connectivity index (χ1n) is 8.91. The van der Waals surface area contributed by atoms with Crippen molar-refractivity contribution in [3.05, 3.63) is 60.8 Å². The van der Waals surface area contributed by atoms with Crippen LogP contribution in [-0.2, 0) is 4.79 Å². The molecule has 0 unspecified atom stereocenters. The maximum Gasteiger partial charge on any atom is 0.289 e. The van der Waals surface area contributed by atoms with Crippen LogP contribution < -0.4 is 0 Å². The van der Waals surface area contributed by atoms with Gasteiger partial charge in [0, 0.05) is 26.2 Å². The minimum Gasteiger partial charge on any atom is -0.459 e. The smallest absolute Gasteiger partial charge is 0.289 e. The summed E-state index contributed by atoms with van der Waals surface area (Å²) >= 11 is 1.31. The van der Waals surface area contributed by atoms with Gasteiger partial charge in [0.05, 0.1) is 17.7 Å². The molecule has 0 N–H and O–H groups in total. The zero-order valence-electron chi connectivity index (χ0n) is 15.1. The molecule has 0 aliphatic carbocycles. The van der Waals surface area contributed by atoms with Gasteiger partial charge in [-0.2, -0.15) is 0 Å². The summed E-state index contributed by atoms with van der Waals surface area (Å²) < 4.78 is 6.84. The maximum absolute atomic E-state index is 12.5. The summed E-state index contributed by atoms with van der Waals surface area (Å²) in [6.07, 6.45) is 3.12. The van der Waals surface area contributed by atoms with Crippen LogP contribution in [0, 0.1) is 0 Å². The SMILES string of the molecule is O=C(CSc1ncn(-c2ccccc2)n1)N1CCN(C(=O)c2ccco2)CC1. The first-order chi connectivity index (χ1) is 13.7. The molecule has 2 aromatic heterocycles. The molecule has 0 saturated carbocycles. The van der Waals surface area contributed by atoms with E-state index < -0.39 is 0 Å². The van der Waals surface area contributed by atoms with E-state index in [1.165, 1.54) is 18.0 Å². The van der Waals surface area contributed by atoms with E-state index in [1.807, 2.05) is 30.3 Å². The second-order valence-corrected chi connectivity index (χ2v) is 7.19. The molecule has 3 aromatic rings. The van der Waals surface area contributed by atoms with Crippen molar-refractivity contribution in [3.8, 4) is 5.69 Å². The van der Waals surface area contributed by atoms with Gasteiger partial charge in [-0.3, -0.25) is 9.59 Å². The Kier molecular flexibility index (Phi) is 5.43. The number of furan rings is 1. The minimum atomic E-state index is -0.137. The molecule has 0 atom stereocenters. The Morgan fingerprint density at radius 3 is 2.46 bits per heavy atom. The van der Waals surface area contributed by atoms with Crippen LogP contribution in [0.4, 0.5) is 0 Å². The summed E-state index contributed by atoms with van der Waals surface area (Å²) in [6, 6.07) is 13.0. The highest BCUT2D eigenvalue weighted by molar-refractivity contribution is 7.99. The van der Waals surface area contributed by atoms with Gasteiger partial charge < -0.3 is 14.2 Å². The molecule has 0 bridgehead atoms. The highest BCUT2D eigenvalue weighted by Crippen LogP contribution is 2.16. The van der Waals surface area contributed by atoms with E-state index in [4.69, 9.17) is 4.42 Å². The average molecular weight is 397 g/mol. The fraction of sp³-hybridized carbons (Fsp3) is 0.263. The lowest BCUT2D eigenvalue weighted by molar-refractivity contribution is -0.129. The predicted molar refractivity (Wildman–Crippen MR) is 103 cm³/mol. The monoisotopic (exact) mass is 397 g/mol. The fourth-order valence-corrected chi connectivity index (χ4v) is 3.65. The van der Waals surface area contributed by atoms with E-state index in [0.717, 1.165) is 5.69 Å². The van der Waals surface area contributed by atoms with Gasteiger partial charge in [-0.1, -0.05) is 30.0 Å². The van der Waals surface area contributed by atoms with Crippen LogP contribution in [0.1, 0.15) is 10.6 Å². The van der Waals surface area contributed by atoms with E-state index in [1.54, 1.807) is 32.9 Å². The Morgan fingerprint density at radius 2 is 1.75 bits per heavy atom. The molecule has 1 aliphatic heterocycles. The molecule has 0 radical (unpaired) electrons. The summed E-state index contributed by atoms with van der Waals surface area (Å²) in [7, 11) is 0. The fourth-order valence-electron chi connectivity index (χ4n) is 2.95. The predicted octanol–water partition coefficient (Wildman–Crippen LogP) is 1.94. The minimum absolute atomic E-state index is 0.0196. The van der Waals surface area contributed by atoms with Crippen LogP contribution in [0.25, 0.3) is 5.69 Å². The van der Waals surface area contributed by atoms with Gasteiger partial charge in [0.25, 0.3) is 5.91 Å². The lowest BCUT2D eigenvalue weighted by atomic mass is 10.3. The number of aromatic nitrogens is 3. The molecule has 1 aromatic carbocycles. The number of rotatable bonds is 5. The van der Waals surface area contributed by atoms with Crippen LogP contribution in [0.2, 0.25) is 0 Å².